The van der Waals surface area contributed by atoms with Crippen molar-refractivity contribution in [2.24, 2.45) is 0 Å². The summed E-state index contributed by atoms with van der Waals surface area (Å²) in [6, 6.07) is 6.04. The van der Waals surface area contributed by atoms with Crippen molar-refractivity contribution in [1.29, 1.82) is 0 Å². The van der Waals surface area contributed by atoms with E-state index in [1.54, 1.807) is 7.11 Å². The van der Waals surface area contributed by atoms with Crippen LogP contribution in [0.2, 0.25) is 0 Å². The molecule has 98 valence electrons. The Balaban J connectivity index is 2.34. The van der Waals surface area contributed by atoms with Gasteiger partial charge in [-0.2, -0.15) is 0 Å². The fourth-order valence-electron chi connectivity index (χ4n) is 2.58. The number of hydrogen-bond donors (Lipinski definition) is 1. The minimum absolute atomic E-state index is 0.196. The lowest BCUT2D eigenvalue weighted by Crippen LogP contribution is -2.54. The van der Waals surface area contributed by atoms with Gasteiger partial charge in [0.25, 0.3) is 0 Å². The van der Waals surface area contributed by atoms with Gasteiger partial charge in [0.15, 0.2) is 0 Å². The second kappa shape index (κ2) is 4.98. The monoisotopic (exact) mass is 249 g/mol. The van der Waals surface area contributed by atoms with E-state index >= 15 is 0 Å². The van der Waals surface area contributed by atoms with Crippen LogP contribution in [0.1, 0.15) is 17.5 Å². The van der Waals surface area contributed by atoms with E-state index in [2.05, 4.69) is 11.4 Å². The summed E-state index contributed by atoms with van der Waals surface area (Å²) in [4.78, 5) is 12.0. The van der Waals surface area contributed by atoms with Crippen LogP contribution in [-0.2, 0) is 22.4 Å². The van der Waals surface area contributed by atoms with Gasteiger partial charge in [-0.05, 0) is 43.1 Å². The van der Waals surface area contributed by atoms with Crippen LogP contribution in [0.5, 0.6) is 5.75 Å². The average molecular weight is 249 g/mol. The second-order valence-electron chi connectivity index (χ2n) is 4.64. The number of esters is 1. The molecular weight excluding hydrogens is 230 g/mol. The molecule has 0 saturated heterocycles. The van der Waals surface area contributed by atoms with Gasteiger partial charge in [0.2, 0.25) is 0 Å². The topological polar surface area (TPSA) is 47.6 Å². The first-order chi connectivity index (χ1) is 8.65. The van der Waals surface area contributed by atoms with Crippen LogP contribution >= 0.6 is 0 Å². The molecule has 0 radical (unpaired) electrons. The zero-order chi connectivity index (χ0) is 13.2. The molecule has 0 saturated carbocycles. The number of aryl methyl sites for hydroxylation is 1. The molecule has 0 spiro atoms. The maximum absolute atomic E-state index is 12.0. The number of carbonyl (C=O) groups excluding carboxylic acids is 1. The highest BCUT2D eigenvalue weighted by atomic mass is 16.5. The second-order valence-corrected chi connectivity index (χ2v) is 4.64. The minimum atomic E-state index is -0.603. The van der Waals surface area contributed by atoms with Crippen molar-refractivity contribution in [3.8, 4) is 5.75 Å². The van der Waals surface area contributed by atoms with Crippen molar-refractivity contribution in [1.82, 2.24) is 5.32 Å². The Kier molecular flexibility index (Phi) is 3.57. The first-order valence-electron chi connectivity index (χ1n) is 6.08. The minimum Gasteiger partial charge on any atom is -0.497 e. The number of benzene rings is 1. The molecule has 1 atom stereocenters. The van der Waals surface area contributed by atoms with E-state index in [4.69, 9.17) is 9.47 Å². The van der Waals surface area contributed by atoms with Gasteiger partial charge >= 0.3 is 5.97 Å². The maximum Gasteiger partial charge on any atom is 0.326 e. The third-order valence-electron chi connectivity index (χ3n) is 3.78. The fourth-order valence-corrected chi connectivity index (χ4v) is 2.58. The molecule has 1 aromatic rings. The maximum atomic E-state index is 12.0. The van der Waals surface area contributed by atoms with Crippen molar-refractivity contribution in [3.63, 3.8) is 0 Å². The number of likely N-dealkylation sites (N-methyl/N-ethyl adjacent to an activating group) is 1. The van der Waals surface area contributed by atoms with Crippen LogP contribution in [0.15, 0.2) is 18.2 Å². The number of ether oxygens (including phenoxy) is 2. The lowest BCUT2D eigenvalue weighted by atomic mass is 9.78. The number of methoxy groups -OCH3 is 2. The van der Waals surface area contributed by atoms with Crippen LogP contribution in [0.4, 0.5) is 0 Å². The summed E-state index contributed by atoms with van der Waals surface area (Å²) in [6.07, 6.45) is 2.27. The Morgan fingerprint density at radius 1 is 1.33 bits per heavy atom. The third kappa shape index (κ3) is 2.08. The van der Waals surface area contributed by atoms with Crippen LogP contribution in [0, 0.1) is 0 Å². The summed E-state index contributed by atoms with van der Waals surface area (Å²) in [6.45, 7) is 0. The molecule has 0 aromatic heterocycles. The fraction of sp³-hybridized carbons (Fsp3) is 0.500. The highest BCUT2D eigenvalue weighted by Crippen LogP contribution is 2.31. The van der Waals surface area contributed by atoms with Gasteiger partial charge in [0.1, 0.15) is 11.3 Å². The molecule has 1 aliphatic carbocycles. The van der Waals surface area contributed by atoms with Gasteiger partial charge < -0.3 is 14.8 Å². The zero-order valence-corrected chi connectivity index (χ0v) is 11.1. The summed E-state index contributed by atoms with van der Waals surface area (Å²) in [7, 11) is 4.89. The molecule has 4 nitrogen and oxygen atoms in total. The van der Waals surface area contributed by atoms with Gasteiger partial charge in [-0.1, -0.05) is 6.07 Å². The van der Waals surface area contributed by atoms with Crippen molar-refractivity contribution >= 4 is 5.97 Å². The number of rotatable bonds is 3. The van der Waals surface area contributed by atoms with Gasteiger partial charge in [-0.15, -0.1) is 0 Å². The first kappa shape index (κ1) is 12.9. The van der Waals surface area contributed by atoms with E-state index in [0.717, 1.165) is 24.2 Å². The SMILES string of the molecule is CNC1(C(=O)OC)CCc2ccc(OC)cc2C1. The van der Waals surface area contributed by atoms with Crippen LogP contribution in [0.25, 0.3) is 0 Å². The molecule has 1 N–H and O–H groups in total. The predicted molar refractivity (Wildman–Crippen MR) is 68.8 cm³/mol. The number of carbonyl (C=O) groups is 1. The molecule has 2 rings (SSSR count). The molecule has 0 amide bonds. The Bertz CT molecular complexity index is 458. The molecule has 18 heavy (non-hydrogen) atoms. The molecule has 1 aliphatic rings. The van der Waals surface area contributed by atoms with Crippen LogP contribution in [0.3, 0.4) is 0 Å². The van der Waals surface area contributed by atoms with Crippen molar-refractivity contribution in [2.45, 2.75) is 24.8 Å². The van der Waals surface area contributed by atoms with Crippen molar-refractivity contribution in [3.05, 3.63) is 29.3 Å². The van der Waals surface area contributed by atoms with Gasteiger partial charge in [-0.3, -0.25) is 4.79 Å². The first-order valence-corrected chi connectivity index (χ1v) is 6.08. The van der Waals surface area contributed by atoms with E-state index < -0.39 is 5.54 Å². The summed E-state index contributed by atoms with van der Waals surface area (Å²) in [5.74, 6) is 0.629. The Morgan fingerprint density at radius 3 is 2.72 bits per heavy atom. The molecule has 0 aliphatic heterocycles. The normalized spacial score (nSPS) is 22.2. The highest BCUT2D eigenvalue weighted by molar-refractivity contribution is 5.81. The lowest BCUT2D eigenvalue weighted by Gasteiger charge is -2.35. The average Bonchev–Trinajstić information content (AvgIpc) is 2.44. The largest absolute Gasteiger partial charge is 0.497 e. The van der Waals surface area contributed by atoms with E-state index in [1.165, 1.54) is 12.7 Å². The number of nitrogens with one attached hydrogen (secondary N) is 1. The molecule has 1 aromatic carbocycles. The van der Waals surface area contributed by atoms with Crippen LogP contribution < -0.4 is 10.1 Å². The highest BCUT2D eigenvalue weighted by Gasteiger charge is 2.41. The summed E-state index contributed by atoms with van der Waals surface area (Å²) in [5.41, 5.74) is 1.83. The molecular formula is C14H19NO3. The van der Waals surface area contributed by atoms with E-state index in [0.29, 0.717) is 6.42 Å². The summed E-state index contributed by atoms with van der Waals surface area (Å²) in [5, 5.41) is 3.13. The predicted octanol–water partition coefficient (Wildman–Crippen LogP) is 1.32. The molecule has 1 unspecified atom stereocenters. The zero-order valence-electron chi connectivity index (χ0n) is 11.1. The van der Waals surface area contributed by atoms with Crippen molar-refractivity contribution < 1.29 is 14.3 Å². The van der Waals surface area contributed by atoms with E-state index in [1.807, 2.05) is 19.2 Å². The van der Waals surface area contributed by atoms with Crippen molar-refractivity contribution in [2.75, 3.05) is 21.3 Å². The number of fused-ring (bicyclic) bond motifs is 1. The number of hydrogen-bond acceptors (Lipinski definition) is 4. The smallest absolute Gasteiger partial charge is 0.326 e. The molecule has 0 bridgehead atoms. The quantitative estimate of drug-likeness (QED) is 0.821. The van der Waals surface area contributed by atoms with Gasteiger partial charge in [-0.25, -0.2) is 0 Å². The Morgan fingerprint density at radius 2 is 2.11 bits per heavy atom. The van der Waals surface area contributed by atoms with E-state index in [-0.39, 0.29) is 5.97 Å². The van der Waals surface area contributed by atoms with E-state index in [9.17, 15) is 4.79 Å². The Labute approximate surface area is 107 Å². The summed E-state index contributed by atoms with van der Waals surface area (Å²) >= 11 is 0. The third-order valence-corrected chi connectivity index (χ3v) is 3.78. The molecule has 0 fully saturated rings. The molecule has 4 heteroatoms. The van der Waals surface area contributed by atoms with Crippen LogP contribution in [-0.4, -0.2) is 32.8 Å². The standard InChI is InChI=1S/C14H19NO3/c1-15-14(13(16)18-3)7-6-10-4-5-12(17-2)8-11(10)9-14/h4-5,8,15H,6-7,9H2,1-3H3. The van der Waals surface area contributed by atoms with Gasteiger partial charge in [0.05, 0.1) is 14.2 Å². The Hall–Kier alpha value is -1.55. The lowest BCUT2D eigenvalue weighted by molar-refractivity contribution is -0.149. The summed E-state index contributed by atoms with van der Waals surface area (Å²) < 4.78 is 10.2. The molecule has 0 heterocycles. The van der Waals surface area contributed by atoms with Gasteiger partial charge in [0, 0.05) is 6.42 Å².